The number of aromatic nitrogens is 2. The van der Waals surface area contributed by atoms with Crippen LogP contribution in [0.1, 0.15) is 0 Å². The number of nitrogens with zero attached hydrogens (tertiary/aromatic N) is 3. The van der Waals surface area contributed by atoms with Crippen LogP contribution in [0.25, 0.3) is 0 Å². The van der Waals surface area contributed by atoms with E-state index in [4.69, 9.17) is 9.47 Å². The lowest BCUT2D eigenvalue weighted by atomic mass is 10.2. The fourth-order valence-electron chi connectivity index (χ4n) is 2.65. The minimum absolute atomic E-state index is 0.0539. The van der Waals surface area contributed by atoms with Gasteiger partial charge in [0.2, 0.25) is 11.0 Å². The minimum Gasteiger partial charge on any atom is -0.493 e. The van der Waals surface area contributed by atoms with Crippen LogP contribution < -0.4 is 19.1 Å². The normalized spacial score (nSPS) is 11.1. The first kappa shape index (κ1) is 22.8. The molecule has 2 aromatic carbocycles. The Morgan fingerprint density at radius 1 is 1.10 bits per heavy atom. The summed E-state index contributed by atoms with van der Waals surface area (Å²) in [6.45, 7) is -0.471. The van der Waals surface area contributed by atoms with Crippen molar-refractivity contribution in [1.82, 2.24) is 10.2 Å². The van der Waals surface area contributed by atoms with Crippen molar-refractivity contribution in [2.45, 2.75) is 9.24 Å². The number of sulfonamides is 1. The largest absolute Gasteiger partial charge is 0.493 e. The van der Waals surface area contributed by atoms with Crippen molar-refractivity contribution in [2.75, 3.05) is 36.6 Å². The van der Waals surface area contributed by atoms with Crippen molar-refractivity contribution in [3.8, 4) is 11.5 Å². The quantitative estimate of drug-likeness (QED) is 0.367. The molecule has 12 heteroatoms. The lowest BCUT2D eigenvalue weighted by molar-refractivity contribution is -0.114. The molecule has 0 aliphatic heterocycles. The zero-order valence-electron chi connectivity index (χ0n) is 16.9. The van der Waals surface area contributed by atoms with E-state index in [9.17, 15) is 13.2 Å². The molecule has 31 heavy (non-hydrogen) atoms. The molecule has 0 aliphatic carbocycles. The Bertz CT molecular complexity index is 1150. The van der Waals surface area contributed by atoms with Gasteiger partial charge in [0.1, 0.15) is 6.54 Å². The first-order valence-corrected chi connectivity index (χ1v) is 12.3. The van der Waals surface area contributed by atoms with Gasteiger partial charge in [0.25, 0.3) is 10.0 Å². The third-order valence-corrected chi connectivity index (χ3v) is 7.70. The number of carbonyl (C=O) groups excluding carboxylic acids is 1. The number of hydrogen-bond acceptors (Lipinski definition) is 9. The Labute approximate surface area is 188 Å². The first-order chi connectivity index (χ1) is 14.9. The predicted molar refractivity (Wildman–Crippen MR) is 121 cm³/mol. The molecule has 3 rings (SSSR count). The summed E-state index contributed by atoms with van der Waals surface area (Å²) in [5.41, 5.74) is 0.249. The van der Waals surface area contributed by atoms with Crippen molar-refractivity contribution < 1.29 is 22.7 Å². The van der Waals surface area contributed by atoms with Crippen LogP contribution in [0, 0.1) is 0 Å². The van der Waals surface area contributed by atoms with E-state index in [1.54, 1.807) is 30.3 Å². The maximum absolute atomic E-state index is 13.4. The Kier molecular flexibility index (Phi) is 7.36. The van der Waals surface area contributed by atoms with E-state index in [1.807, 2.05) is 6.26 Å². The van der Waals surface area contributed by atoms with Crippen molar-refractivity contribution >= 4 is 49.8 Å². The number of amides is 1. The lowest BCUT2D eigenvalue weighted by Crippen LogP contribution is -2.38. The summed E-state index contributed by atoms with van der Waals surface area (Å²) in [5, 5.41) is 10.7. The van der Waals surface area contributed by atoms with Gasteiger partial charge >= 0.3 is 0 Å². The highest BCUT2D eigenvalue weighted by molar-refractivity contribution is 8.00. The summed E-state index contributed by atoms with van der Waals surface area (Å²) in [7, 11) is -1.12. The molecule has 1 aromatic heterocycles. The van der Waals surface area contributed by atoms with Crippen molar-refractivity contribution in [1.29, 1.82) is 0 Å². The molecule has 1 N–H and O–H groups in total. The van der Waals surface area contributed by atoms with E-state index < -0.39 is 22.5 Å². The van der Waals surface area contributed by atoms with Crippen LogP contribution in [0.4, 0.5) is 10.8 Å². The molecular weight excluding hydrogens is 460 g/mol. The van der Waals surface area contributed by atoms with E-state index in [0.717, 1.165) is 4.31 Å². The molecule has 0 radical (unpaired) electrons. The van der Waals surface area contributed by atoms with Crippen LogP contribution in [0.2, 0.25) is 0 Å². The van der Waals surface area contributed by atoms with Gasteiger partial charge in [0.05, 0.1) is 24.8 Å². The SMILES string of the molecule is COc1ccc(N(CC(=O)Nc2nnc(SC)s2)S(=O)(=O)c2ccccc2)cc1OC. The number of carbonyl (C=O) groups is 1. The molecule has 1 heterocycles. The molecule has 0 spiro atoms. The van der Waals surface area contributed by atoms with Gasteiger partial charge in [0, 0.05) is 6.07 Å². The second-order valence-electron chi connectivity index (χ2n) is 5.99. The number of benzene rings is 2. The topological polar surface area (TPSA) is 111 Å². The van der Waals surface area contributed by atoms with Crippen LogP contribution in [-0.4, -0.2) is 51.5 Å². The minimum atomic E-state index is -4.05. The Morgan fingerprint density at radius 3 is 2.42 bits per heavy atom. The zero-order chi connectivity index (χ0) is 22.4. The second kappa shape index (κ2) is 9.98. The number of hydrogen-bond donors (Lipinski definition) is 1. The number of thioether (sulfide) groups is 1. The highest BCUT2D eigenvalue weighted by Gasteiger charge is 2.28. The molecule has 0 unspecified atom stereocenters. The third-order valence-electron chi connectivity index (χ3n) is 4.10. The summed E-state index contributed by atoms with van der Waals surface area (Å²) >= 11 is 2.60. The Morgan fingerprint density at radius 2 is 1.81 bits per heavy atom. The van der Waals surface area contributed by atoms with Crippen molar-refractivity contribution in [3.05, 3.63) is 48.5 Å². The molecule has 0 atom stereocenters. The molecule has 0 saturated heterocycles. The standard InChI is InChI=1S/C19H20N4O5S3/c1-27-15-10-9-13(11-16(15)28-2)23(31(25,26)14-7-5-4-6-8-14)12-17(24)20-18-21-22-19(29-3)30-18/h4-11H,12H2,1-3H3,(H,20,21,24). The van der Waals surface area contributed by atoms with E-state index in [-0.39, 0.29) is 10.6 Å². The van der Waals surface area contributed by atoms with Gasteiger partial charge in [-0.1, -0.05) is 41.3 Å². The van der Waals surface area contributed by atoms with Crippen molar-refractivity contribution in [3.63, 3.8) is 0 Å². The monoisotopic (exact) mass is 480 g/mol. The summed E-state index contributed by atoms with van der Waals surface area (Å²) in [5.74, 6) is 0.215. The van der Waals surface area contributed by atoms with Gasteiger partial charge in [-0.2, -0.15) is 0 Å². The molecule has 0 bridgehead atoms. The molecule has 9 nitrogen and oxygen atoms in total. The average molecular weight is 481 g/mol. The van der Waals surface area contributed by atoms with Gasteiger partial charge in [-0.15, -0.1) is 10.2 Å². The lowest BCUT2D eigenvalue weighted by Gasteiger charge is -2.24. The summed E-state index contributed by atoms with van der Waals surface area (Å²) in [6.07, 6.45) is 1.84. The molecule has 1 amide bonds. The van der Waals surface area contributed by atoms with Crippen LogP contribution in [0.5, 0.6) is 11.5 Å². The second-order valence-corrected chi connectivity index (χ2v) is 9.88. The van der Waals surface area contributed by atoms with Gasteiger partial charge in [-0.25, -0.2) is 8.42 Å². The van der Waals surface area contributed by atoms with Gasteiger partial charge < -0.3 is 9.47 Å². The Hall–Kier alpha value is -2.83. The van der Waals surface area contributed by atoms with E-state index in [1.165, 1.54) is 55.5 Å². The van der Waals surface area contributed by atoms with E-state index in [2.05, 4.69) is 15.5 Å². The van der Waals surface area contributed by atoms with Crippen LogP contribution in [0.3, 0.4) is 0 Å². The molecule has 3 aromatic rings. The van der Waals surface area contributed by atoms with Crippen LogP contribution in [-0.2, 0) is 14.8 Å². The number of nitrogens with one attached hydrogen (secondary N) is 1. The average Bonchev–Trinajstić information content (AvgIpc) is 3.25. The molecular formula is C19H20N4O5S3. The van der Waals surface area contributed by atoms with Crippen molar-refractivity contribution in [2.24, 2.45) is 0 Å². The summed E-state index contributed by atoms with van der Waals surface area (Å²) in [4.78, 5) is 12.8. The molecule has 0 saturated carbocycles. The fourth-order valence-corrected chi connectivity index (χ4v) is 5.27. The maximum Gasteiger partial charge on any atom is 0.264 e. The highest BCUT2D eigenvalue weighted by atomic mass is 32.2. The highest BCUT2D eigenvalue weighted by Crippen LogP contribution is 2.34. The van der Waals surface area contributed by atoms with Crippen LogP contribution in [0.15, 0.2) is 57.8 Å². The Balaban J connectivity index is 1.97. The number of methoxy groups -OCH3 is 2. The fraction of sp³-hybridized carbons (Fsp3) is 0.211. The summed E-state index contributed by atoms with van der Waals surface area (Å²) < 4.78 is 39.0. The maximum atomic E-state index is 13.4. The predicted octanol–water partition coefficient (Wildman–Crippen LogP) is 3.11. The molecule has 164 valence electrons. The number of anilines is 2. The van der Waals surface area contributed by atoms with Gasteiger partial charge in [0.15, 0.2) is 15.8 Å². The number of rotatable bonds is 9. The molecule has 0 aliphatic rings. The zero-order valence-corrected chi connectivity index (χ0v) is 19.4. The summed E-state index contributed by atoms with van der Waals surface area (Å²) in [6, 6.07) is 12.5. The smallest absolute Gasteiger partial charge is 0.264 e. The van der Waals surface area contributed by atoms with Gasteiger partial charge in [-0.3, -0.25) is 14.4 Å². The first-order valence-electron chi connectivity index (χ1n) is 8.86. The van der Waals surface area contributed by atoms with E-state index in [0.29, 0.717) is 21.0 Å². The van der Waals surface area contributed by atoms with Crippen LogP contribution >= 0.6 is 23.1 Å². The van der Waals surface area contributed by atoms with Gasteiger partial charge in [-0.05, 0) is 30.5 Å². The number of ether oxygens (including phenoxy) is 2. The third kappa shape index (κ3) is 5.27. The van der Waals surface area contributed by atoms with E-state index >= 15 is 0 Å². The molecule has 0 fully saturated rings.